The van der Waals surface area contributed by atoms with Crippen LogP contribution < -0.4 is 0 Å². The normalized spacial score (nSPS) is 8.46. The average molecular weight is 226 g/mol. The molecule has 0 aromatic carbocycles. The molecule has 0 atom stereocenters. The average Bonchev–Trinajstić information content (AvgIpc) is 2.03. The van der Waals surface area contributed by atoms with Gasteiger partial charge in [0.05, 0.1) is 13.2 Å². The van der Waals surface area contributed by atoms with Crippen LogP contribution in [0.5, 0.6) is 0 Å². The van der Waals surface area contributed by atoms with Crippen LogP contribution in [0.1, 0.15) is 0 Å². The Hall–Kier alpha value is 2.37. The van der Waals surface area contributed by atoms with Gasteiger partial charge < -0.3 is 17.1 Å². The Kier molecular flexibility index (Phi) is 31.7. The summed E-state index contributed by atoms with van der Waals surface area (Å²) in [7, 11) is 3.30. The minimum atomic E-state index is -0.789. The molecular formula is C6H17AlNa2O4. The summed E-state index contributed by atoms with van der Waals surface area (Å²) < 4.78 is 19.9. The standard InChI is InChI=1S/2C3H7O2.Al.2Na.3H/c2*1-5-3-2-4;;;;;;/h2*2-3H2,1H3;;;;;;/q2*-1;+2;;;;;. The Bertz CT molecular complexity index is 71.7. The van der Waals surface area contributed by atoms with Crippen LogP contribution in [0, 0.1) is 0 Å². The van der Waals surface area contributed by atoms with Gasteiger partial charge in [0.25, 0.3) is 0 Å². The molecule has 0 aliphatic heterocycles. The van der Waals surface area contributed by atoms with Crippen molar-refractivity contribution in [2.45, 2.75) is 0 Å². The quantitative estimate of drug-likeness (QED) is 0.364. The number of hydrogen-bond acceptors (Lipinski definition) is 4. The van der Waals surface area contributed by atoms with E-state index in [0.717, 1.165) is 0 Å². The molecule has 0 rings (SSSR count). The van der Waals surface area contributed by atoms with Crippen molar-refractivity contribution in [3.8, 4) is 0 Å². The molecule has 0 aliphatic carbocycles. The van der Waals surface area contributed by atoms with Crippen molar-refractivity contribution in [1.29, 1.82) is 0 Å². The van der Waals surface area contributed by atoms with Gasteiger partial charge in [0.2, 0.25) is 0 Å². The van der Waals surface area contributed by atoms with Crippen LogP contribution in [-0.2, 0) is 17.1 Å². The van der Waals surface area contributed by atoms with Crippen LogP contribution in [0.2, 0.25) is 0 Å². The molecule has 0 aliphatic rings. The van der Waals surface area contributed by atoms with Crippen molar-refractivity contribution >= 4 is 75.0 Å². The van der Waals surface area contributed by atoms with Crippen molar-refractivity contribution in [3.63, 3.8) is 0 Å². The molecule has 0 saturated heterocycles. The summed E-state index contributed by atoms with van der Waals surface area (Å²) in [4.78, 5) is 0. The van der Waals surface area contributed by atoms with Gasteiger partial charge in [0.1, 0.15) is 0 Å². The van der Waals surface area contributed by atoms with E-state index < -0.39 is 15.9 Å². The molecule has 0 radical (unpaired) electrons. The second kappa shape index (κ2) is 19.9. The molecule has 4 nitrogen and oxygen atoms in total. The van der Waals surface area contributed by atoms with E-state index in [-0.39, 0.29) is 59.1 Å². The maximum atomic E-state index is 5.16. The number of methoxy groups -OCH3 is 2. The predicted molar refractivity (Wildman–Crippen MR) is 57.1 cm³/mol. The molecule has 0 saturated carbocycles. The zero-order valence-corrected chi connectivity index (χ0v) is 8.58. The first-order chi connectivity index (χ1) is 5.41. The summed E-state index contributed by atoms with van der Waals surface area (Å²) in [6.45, 7) is 2.55. The Morgan fingerprint density at radius 1 is 0.769 bits per heavy atom. The van der Waals surface area contributed by atoms with E-state index in [9.17, 15) is 0 Å². The number of ether oxygens (including phenoxy) is 2. The van der Waals surface area contributed by atoms with Gasteiger partial charge in [0, 0.05) is 27.4 Å². The zero-order valence-electron chi connectivity index (χ0n) is 7.17. The van der Waals surface area contributed by atoms with Gasteiger partial charge in [-0.2, -0.15) is 0 Å². The van der Waals surface area contributed by atoms with E-state index in [1.165, 1.54) is 0 Å². The third-order valence-corrected chi connectivity index (χ3v) is 1.94. The third kappa shape index (κ3) is 20.4. The summed E-state index contributed by atoms with van der Waals surface area (Å²) in [6, 6.07) is 0. The molecule has 0 amide bonds. The topological polar surface area (TPSA) is 36.9 Å². The molecular weight excluding hydrogens is 209 g/mol. The fourth-order valence-electron chi connectivity index (χ4n) is 0.461. The van der Waals surface area contributed by atoms with Gasteiger partial charge >= 0.3 is 75.0 Å². The Balaban J connectivity index is -0.000000500. The summed E-state index contributed by atoms with van der Waals surface area (Å²) in [5.74, 6) is 0. The molecule has 0 unspecified atom stereocenters. The van der Waals surface area contributed by atoms with Crippen LogP contribution in [0.4, 0.5) is 0 Å². The van der Waals surface area contributed by atoms with Crippen LogP contribution in [-0.4, -0.2) is 116 Å². The summed E-state index contributed by atoms with van der Waals surface area (Å²) in [6.07, 6.45) is 0. The summed E-state index contributed by atoms with van der Waals surface area (Å²) >= 11 is -0.789. The van der Waals surface area contributed by atoms with Gasteiger partial charge in [-0.3, -0.25) is 0 Å². The summed E-state index contributed by atoms with van der Waals surface area (Å²) in [5.41, 5.74) is 0. The zero-order chi connectivity index (χ0) is 8.36. The molecule has 0 bridgehead atoms. The van der Waals surface area contributed by atoms with Gasteiger partial charge in [-0.25, -0.2) is 0 Å². The van der Waals surface area contributed by atoms with Crippen LogP contribution in [0.25, 0.3) is 0 Å². The second-order valence-electron chi connectivity index (χ2n) is 1.92. The van der Waals surface area contributed by atoms with Gasteiger partial charge in [0.15, 0.2) is 0 Å². The van der Waals surface area contributed by atoms with E-state index in [0.29, 0.717) is 26.4 Å². The third-order valence-electron chi connectivity index (χ3n) is 1.03. The molecule has 0 fully saturated rings. The minimum absolute atomic E-state index is 0. The van der Waals surface area contributed by atoms with Gasteiger partial charge in [-0.15, -0.1) is 0 Å². The first-order valence-electron chi connectivity index (χ1n) is 3.55. The van der Waals surface area contributed by atoms with Crippen LogP contribution >= 0.6 is 0 Å². The van der Waals surface area contributed by atoms with E-state index >= 15 is 0 Å². The molecule has 0 aromatic rings. The van der Waals surface area contributed by atoms with Crippen LogP contribution in [0.15, 0.2) is 0 Å². The van der Waals surface area contributed by atoms with E-state index in [1.54, 1.807) is 14.2 Å². The second-order valence-corrected chi connectivity index (χ2v) is 2.97. The monoisotopic (exact) mass is 226 g/mol. The molecule has 13 heavy (non-hydrogen) atoms. The van der Waals surface area contributed by atoms with Crippen molar-refractivity contribution in [2.24, 2.45) is 0 Å². The predicted octanol–water partition coefficient (Wildman–Crippen LogP) is -1.72. The van der Waals surface area contributed by atoms with Crippen molar-refractivity contribution in [3.05, 3.63) is 0 Å². The Labute approximate surface area is 131 Å². The van der Waals surface area contributed by atoms with Crippen molar-refractivity contribution in [1.82, 2.24) is 0 Å². The Morgan fingerprint density at radius 2 is 1.15 bits per heavy atom. The van der Waals surface area contributed by atoms with E-state index in [1.807, 2.05) is 0 Å². The Morgan fingerprint density at radius 3 is 1.46 bits per heavy atom. The SMILES string of the molecule is COCC[O][AlH][O]CCOC.[NaH].[NaH]. The molecule has 7 heteroatoms. The molecule has 0 heterocycles. The molecule has 0 N–H and O–H groups in total. The summed E-state index contributed by atoms with van der Waals surface area (Å²) in [5, 5.41) is 0. The molecule has 70 valence electrons. The molecule has 0 aromatic heterocycles. The first kappa shape index (κ1) is 20.7. The van der Waals surface area contributed by atoms with Crippen molar-refractivity contribution < 1.29 is 17.1 Å². The fourth-order valence-corrected chi connectivity index (χ4v) is 1.05. The van der Waals surface area contributed by atoms with Gasteiger partial charge in [-0.05, 0) is 0 Å². The molecule has 0 spiro atoms. The van der Waals surface area contributed by atoms with E-state index in [2.05, 4.69) is 0 Å². The first-order valence-corrected chi connectivity index (χ1v) is 4.70. The van der Waals surface area contributed by atoms with Gasteiger partial charge in [-0.1, -0.05) is 0 Å². The number of rotatable bonds is 8. The number of hydrogen-bond donors (Lipinski definition) is 0. The van der Waals surface area contributed by atoms with E-state index in [4.69, 9.17) is 17.1 Å². The maximum absolute atomic E-state index is 5.16. The van der Waals surface area contributed by atoms with Crippen LogP contribution in [0.3, 0.4) is 0 Å². The van der Waals surface area contributed by atoms with Crippen molar-refractivity contribution in [2.75, 3.05) is 40.6 Å². The fraction of sp³-hybridized carbons (Fsp3) is 1.00.